The smallest absolute Gasteiger partial charge is 0.101 e. The molecule has 3 aromatic heterocycles. The second-order valence-corrected chi connectivity index (χ2v) is 14.3. The Morgan fingerprint density at radius 1 is 0.333 bits per heavy atom. The lowest BCUT2D eigenvalue weighted by Crippen LogP contribution is -2.02. The van der Waals surface area contributed by atoms with Gasteiger partial charge in [-0.05, 0) is 90.5 Å². The molecule has 0 N–H and O–H groups in total. The first-order valence-corrected chi connectivity index (χ1v) is 18.7. The van der Waals surface area contributed by atoms with Gasteiger partial charge in [0.15, 0.2) is 0 Å². The summed E-state index contributed by atoms with van der Waals surface area (Å²) in [6, 6.07) is 64.7. The Balaban J connectivity index is 1.18. The Hall–Kier alpha value is -8.37. The van der Waals surface area contributed by atoms with E-state index < -0.39 is 0 Å². The average molecular weight is 725 g/mol. The number of hydrogen-bond acceptors (Lipinski definition) is 3. The van der Waals surface area contributed by atoms with Crippen molar-refractivity contribution in [1.82, 2.24) is 13.7 Å². The number of fused-ring (bicyclic) bond motifs is 9. The predicted octanol–water partition coefficient (Wildman–Crippen LogP) is 12.3. The minimum atomic E-state index is 0.489. The molecule has 0 amide bonds. The Kier molecular flexibility index (Phi) is 6.95. The molecule has 0 aliphatic heterocycles. The summed E-state index contributed by atoms with van der Waals surface area (Å²) in [5.41, 5.74) is 11.9. The molecule has 0 bridgehead atoms. The summed E-state index contributed by atoms with van der Waals surface area (Å²) >= 11 is 0. The van der Waals surface area contributed by atoms with Crippen LogP contribution in [0.5, 0.6) is 0 Å². The molecule has 6 nitrogen and oxygen atoms in total. The van der Waals surface area contributed by atoms with Crippen LogP contribution in [0.3, 0.4) is 0 Å². The lowest BCUT2D eigenvalue weighted by Gasteiger charge is -2.17. The monoisotopic (exact) mass is 724 g/mol. The van der Waals surface area contributed by atoms with E-state index in [4.69, 9.17) is 0 Å². The molecule has 0 radical (unpaired) electrons. The predicted molar refractivity (Wildman–Crippen MR) is 229 cm³/mol. The van der Waals surface area contributed by atoms with Gasteiger partial charge in [-0.15, -0.1) is 0 Å². The van der Waals surface area contributed by atoms with E-state index >= 15 is 0 Å². The highest BCUT2D eigenvalue weighted by atomic mass is 15.0. The molecule has 0 fully saturated rings. The molecule has 57 heavy (non-hydrogen) atoms. The van der Waals surface area contributed by atoms with Crippen molar-refractivity contribution in [2.75, 3.05) is 0 Å². The number of hydrogen-bond donors (Lipinski definition) is 0. The Morgan fingerprint density at radius 3 is 1.42 bits per heavy atom. The zero-order valence-electron chi connectivity index (χ0n) is 30.3. The maximum absolute atomic E-state index is 10.6. The molecular weight excluding hydrogens is 697 g/mol. The SMILES string of the molecule is N#Cc1cc(-c2cccc(C#N)c2-n2c3ccccc3c3ccccc32)cc(-n2c3ccc(C#N)cc3c3cc(-n4c5ccccc5c5ccccc54)ccc32)c1. The third kappa shape index (κ3) is 4.68. The lowest BCUT2D eigenvalue weighted by atomic mass is 9.97. The third-order valence-corrected chi connectivity index (χ3v) is 11.3. The van der Waals surface area contributed by atoms with Gasteiger partial charge < -0.3 is 13.7 Å². The standard InChI is InChI=1S/C51H28N6/c52-29-32-20-22-49-43(26-32)44-28-36(55-45-16-5-1-11-39(45)40-12-2-6-17-46(40)55)21-23-50(44)56(49)37-25-33(30-53)24-35(27-37)38-15-9-10-34(31-54)51(38)57-47-18-7-3-13-41(47)42-14-4-8-19-48(42)57/h1-28H. The van der Waals surface area contributed by atoms with Gasteiger partial charge in [-0.2, -0.15) is 15.8 Å². The van der Waals surface area contributed by atoms with Crippen LogP contribution in [0.15, 0.2) is 170 Å². The van der Waals surface area contributed by atoms with Gasteiger partial charge in [-0.25, -0.2) is 0 Å². The van der Waals surface area contributed by atoms with E-state index in [2.05, 4.69) is 129 Å². The molecule has 262 valence electrons. The molecule has 8 aromatic carbocycles. The van der Waals surface area contributed by atoms with Crippen LogP contribution >= 0.6 is 0 Å². The Morgan fingerprint density at radius 2 is 0.842 bits per heavy atom. The number of benzene rings is 8. The van der Waals surface area contributed by atoms with Crippen LogP contribution in [-0.4, -0.2) is 13.7 Å². The van der Waals surface area contributed by atoms with E-state index in [0.717, 1.165) is 82.8 Å². The molecule has 0 atom stereocenters. The molecule has 6 heteroatoms. The van der Waals surface area contributed by atoms with Gasteiger partial charge in [0.05, 0.1) is 67.6 Å². The van der Waals surface area contributed by atoms with E-state index in [1.54, 1.807) is 0 Å². The van der Waals surface area contributed by atoms with Crippen molar-refractivity contribution in [3.05, 3.63) is 187 Å². The van der Waals surface area contributed by atoms with E-state index in [9.17, 15) is 15.8 Å². The fourth-order valence-electron chi connectivity index (χ4n) is 8.93. The van der Waals surface area contributed by atoms with Gasteiger partial charge in [-0.3, -0.25) is 0 Å². The van der Waals surface area contributed by atoms with Gasteiger partial charge in [-0.1, -0.05) is 84.9 Å². The summed E-state index contributed by atoms with van der Waals surface area (Å²) in [5.74, 6) is 0. The number of nitriles is 3. The van der Waals surface area contributed by atoms with Crippen LogP contribution in [-0.2, 0) is 0 Å². The normalized spacial score (nSPS) is 11.5. The van der Waals surface area contributed by atoms with Gasteiger partial charge in [0.2, 0.25) is 0 Å². The molecule has 0 aliphatic rings. The zero-order chi connectivity index (χ0) is 38.2. The second kappa shape index (κ2) is 12.3. The highest BCUT2D eigenvalue weighted by Crippen LogP contribution is 2.41. The average Bonchev–Trinajstić information content (AvgIpc) is 3.91. The quantitative estimate of drug-likeness (QED) is 0.181. The number of rotatable bonds is 4. The fraction of sp³-hybridized carbons (Fsp3) is 0. The van der Waals surface area contributed by atoms with Gasteiger partial charge in [0.1, 0.15) is 6.07 Å². The number of nitrogens with zero attached hydrogens (tertiary/aromatic N) is 6. The number of aromatic nitrogens is 3. The molecule has 0 unspecified atom stereocenters. The topological polar surface area (TPSA) is 86.2 Å². The summed E-state index contributed by atoms with van der Waals surface area (Å²) in [5, 5.41) is 37.6. The minimum absolute atomic E-state index is 0.489. The molecule has 11 rings (SSSR count). The van der Waals surface area contributed by atoms with Crippen LogP contribution in [0.4, 0.5) is 0 Å². The lowest BCUT2D eigenvalue weighted by molar-refractivity contribution is 1.16. The van der Waals surface area contributed by atoms with Crippen molar-refractivity contribution in [3.63, 3.8) is 0 Å². The van der Waals surface area contributed by atoms with Crippen molar-refractivity contribution < 1.29 is 0 Å². The first kappa shape index (κ1) is 32.1. The Labute approximate surface area is 326 Å². The maximum atomic E-state index is 10.6. The first-order chi connectivity index (χ1) is 28.1. The molecule has 3 heterocycles. The van der Waals surface area contributed by atoms with Crippen molar-refractivity contribution in [3.8, 4) is 46.4 Å². The molecule has 0 saturated carbocycles. The summed E-state index contributed by atoms with van der Waals surface area (Å²) in [6.45, 7) is 0. The zero-order valence-corrected chi connectivity index (χ0v) is 30.3. The van der Waals surface area contributed by atoms with Gasteiger partial charge in [0, 0.05) is 49.3 Å². The first-order valence-electron chi connectivity index (χ1n) is 18.7. The van der Waals surface area contributed by atoms with Crippen molar-refractivity contribution >= 4 is 65.4 Å². The van der Waals surface area contributed by atoms with Crippen LogP contribution < -0.4 is 0 Å². The summed E-state index contributed by atoms with van der Waals surface area (Å²) < 4.78 is 6.66. The molecule has 0 saturated heterocycles. The fourth-order valence-corrected chi connectivity index (χ4v) is 8.93. The van der Waals surface area contributed by atoms with Crippen molar-refractivity contribution in [2.24, 2.45) is 0 Å². The van der Waals surface area contributed by atoms with Crippen LogP contribution in [0, 0.1) is 34.0 Å². The number of para-hydroxylation sites is 5. The third-order valence-electron chi connectivity index (χ3n) is 11.3. The summed E-state index contributed by atoms with van der Waals surface area (Å²) in [4.78, 5) is 0. The summed E-state index contributed by atoms with van der Waals surface area (Å²) in [6.07, 6.45) is 0. The highest BCUT2D eigenvalue weighted by Gasteiger charge is 2.21. The van der Waals surface area contributed by atoms with Crippen LogP contribution in [0.25, 0.3) is 93.6 Å². The maximum Gasteiger partial charge on any atom is 0.101 e. The summed E-state index contributed by atoms with van der Waals surface area (Å²) in [7, 11) is 0. The Bertz CT molecular complexity index is 3520. The molecule has 0 aliphatic carbocycles. The molecule has 0 spiro atoms. The van der Waals surface area contributed by atoms with Crippen molar-refractivity contribution in [1.29, 1.82) is 15.8 Å². The molecule has 11 aromatic rings. The largest absolute Gasteiger partial charge is 0.309 e. The van der Waals surface area contributed by atoms with E-state index in [-0.39, 0.29) is 0 Å². The molecular formula is C51H28N6. The second-order valence-electron chi connectivity index (χ2n) is 14.3. The highest BCUT2D eigenvalue weighted by molar-refractivity contribution is 6.13. The van der Waals surface area contributed by atoms with Gasteiger partial charge >= 0.3 is 0 Å². The van der Waals surface area contributed by atoms with E-state index in [1.807, 2.05) is 72.8 Å². The van der Waals surface area contributed by atoms with E-state index in [1.165, 1.54) is 10.8 Å². The van der Waals surface area contributed by atoms with Crippen LogP contribution in [0.2, 0.25) is 0 Å². The van der Waals surface area contributed by atoms with Crippen molar-refractivity contribution in [2.45, 2.75) is 0 Å². The van der Waals surface area contributed by atoms with E-state index in [0.29, 0.717) is 16.7 Å². The minimum Gasteiger partial charge on any atom is -0.309 e. The van der Waals surface area contributed by atoms with Crippen LogP contribution in [0.1, 0.15) is 16.7 Å². The van der Waals surface area contributed by atoms with Gasteiger partial charge in [0.25, 0.3) is 0 Å².